The van der Waals surface area contributed by atoms with Crippen LogP contribution in [0.5, 0.6) is 0 Å². The molecule has 0 amide bonds. The molecule has 1 aromatic heterocycles. The molecule has 0 radical (unpaired) electrons. The summed E-state index contributed by atoms with van der Waals surface area (Å²) in [6.07, 6.45) is 8.23. The molecular weight excluding hydrogens is 411 g/mol. The molecule has 0 unspecified atom stereocenters. The highest BCUT2D eigenvalue weighted by Crippen LogP contribution is 2.51. The zero-order chi connectivity index (χ0) is 21.2. The van der Waals surface area contributed by atoms with Crippen LogP contribution in [0, 0.1) is 0 Å². The van der Waals surface area contributed by atoms with Gasteiger partial charge in [-0.3, -0.25) is 0 Å². The quantitative estimate of drug-likeness (QED) is 0.390. The summed E-state index contributed by atoms with van der Waals surface area (Å²) < 4.78 is 39.6. The number of halogens is 3. The van der Waals surface area contributed by atoms with Gasteiger partial charge < -0.3 is 5.32 Å². The number of alkyl halides is 3. The van der Waals surface area contributed by atoms with Gasteiger partial charge in [-0.1, -0.05) is 36.9 Å². The van der Waals surface area contributed by atoms with Crippen molar-refractivity contribution in [3.63, 3.8) is 0 Å². The molecule has 154 valence electrons. The molecule has 0 aliphatic heterocycles. The molecule has 1 heterocycles. The number of thiophene rings is 1. The summed E-state index contributed by atoms with van der Waals surface area (Å²) in [7, 11) is -0.900. The van der Waals surface area contributed by atoms with E-state index in [4.69, 9.17) is 0 Å². The van der Waals surface area contributed by atoms with E-state index in [1.54, 1.807) is 17.4 Å². The first-order valence-corrected chi connectivity index (χ1v) is 12.7. The highest BCUT2D eigenvalue weighted by Gasteiger charge is 2.29. The molecule has 3 aromatic rings. The number of allylic oxidation sites excluding steroid dienone is 2. The Hall–Kier alpha value is -2.18. The molecule has 1 nitrogen and oxygen atoms in total. The summed E-state index contributed by atoms with van der Waals surface area (Å²) in [5.74, 6) is 0. The average Bonchev–Trinajstić information content (AvgIpc) is 3.01. The zero-order valence-electron chi connectivity index (χ0n) is 16.6. The topological polar surface area (TPSA) is 12.0 Å². The predicted molar refractivity (Wildman–Crippen MR) is 123 cm³/mol. The van der Waals surface area contributed by atoms with Crippen molar-refractivity contribution < 1.29 is 13.2 Å². The molecule has 0 saturated heterocycles. The second-order valence-electron chi connectivity index (χ2n) is 7.43. The SMILES string of the molecule is C=C/C=C\c1c(CNc2ccc(C(F)(F)F)cc2)sc2c(S(C)(C)C)cccc12. The molecule has 1 N–H and O–H groups in total. The molecule has 0 aliphatic rings. The highest BCUT2D eigenvalue weighted by molar-refractivity contribution is 8.32. The minimum atomic E-state index is -4.32. The number of rotatable bonds is 6. The Morgan fingerprint density at radius 2 is 1.76 bits per heavy atom. The summed E-state index contributed by atoms with van der Waals surface area (Å²) in [5.41, 5.74) is 1.16. The van der Waals surface area contributed by atoms with Crippen LogP contribution in [0.2, 0.25) is 0 Å². The van der Waals surface area contributed by atoms with Crippen molar-refractivity contribution in [3.8, 4) is 0 Å². The number of hydrogen-bond donors (Lipinski definition) is 1. The second kappa shape index (κ2) is 8.28. The van der Waals surface area contributed by atoms with Crippen molar-refractivity contribution in [3.05, 3.63) is 77.2 Å². The van der Waals surface area contributed by atoms with Crippen molar-refractivity contribution in [1.29, 1.82) is 0 Å². The van der Waals surface area contributed by atoms with Crippen LogP contribution < -0.4 is 5.32 Å². The monoisotopic (exact) mass is 435 g/mol. The van der Waals surface area contributed by atoms with Crippen LogP contribution in [0.1, 0.15) is 16.0 Å². The van der Waals surface area contributed by atoms with Gasteiger partial charge in [0.1, 0.15) is 0 Å². The Balaban J connectivity index is 1.96. The van der Waals surface area contributed by atoms with Gasteiger partial charge in [0, 0.05) is 25.5 Å². The van der Waals surface area contributed by atoms with Gasteiger partial charge in [0.2, 0.25) is 0 Å². The number of anilines is 1. The fraction of sp³-hybridized carbons (Fsp3) is 0.217. The Labute approximate surface area is 175 Å². The zero-order valence-corrected chi connectivity index (χ0v) is 18.3. The minimum absolute atomic E-state index is 0.542. The average molecular weight is 436 g/mol. The van der Waals surface area contributed by atoms with Crippen molar-refractivity contribution >= 4 is 43.2 Å². The lowest BCUT2D eigenvalue weighted by Gasteiger charge is -2.26. The number of fused-ring (bicyclic) bond motifs is 1. The molecule has 0 saturated carbocycles. The van der Waals surface area contributed by atoms with E-state index in [1.807, 2.05) is 6.08 Å². The number of nitrogens with one attached hydrogen (secondary N) is 1. The molecular formula is C23H24F3NS2. The van der Waals surface area contributed by atoms with Gasteiger partial charge in [-0.05, 0) is 54.7 Å². The van der Waals surface area contributed by atoms with Gasteiger partial charge in [0.15, 0.2) is 0 Å². The van der Waals surface area contributed by atoms with Crippen LogP contribution >= 0.6 is 21.4 Å². The minimum Gasteiger partial charge on any atom is -0.380 e. The van der Waals surface area contributed by atoms with Crippen molar-refractivity contribution in [1.82, 2.24) is 0 Å². The molecule has 0 spiro atoms. The fourth-order valence-corrected chi connectivity index (χ4v) is 6.24. The van der Waals surface area contributed by atoms with Crippen molar-refractivity contribution in [2.75, 3.05) is 24.1 Å². The second-order valence-corrected chi connectivity index (χ2v) is 12.7. The first-order chi connectivity index (χ1) is 13.6. The highest BCUT2D eigenvalue weighted by atomic mass is 32.3. The maximum atomic E-state index is 12.8. The van der Waals surface area contributed by atoms with E-state index in [0.29, 0.717) is 12.2 Å². The Bertz CT molecular complexity index is 1040. The summed E-state index contributed by atoms with van der Waals surface area (Å²) in [5, 5.41) is 4.47. The first kappa shape index (κ1) is 21.5. The smallest absolute Gasteiger partial charge is 0.380 e. The first-order valence-electron chi connectivity index (χ1n) is 9.04. The van der Waals surface area contributed by atoms with Gasteiger partial charge in [0.05, 0.1) is 12.1 Å². The molecule has 29 heavy (non-hydrogen) atoms. The van der Waals surface area contributed by atoms with Gasteiger partial charge >= 0.3 is 6.18 Å². The van der Waals surface area contributed by atoms with Gasteiger partial charge in [-0.15, -0.1) is 11.3 Å². The summed E-state index contributed by atoms with van der Waals surface area (Å²) in [4.78, 5) is 2.52. The maximum Gasteiger partial charge on any atom is 0.416 e. The van der Waals surface area contributed by atoms with Gasteiger partial charge in [-0.25, -0.2) is 10.0 Å². The molecule has 0 bridgehead atoms. The van der Waals surface area contributed by atoms with Crippen molar-refractivity contribution in [2.24, 2.45) is 0 Å². The van der Waals surface area contributed by atoms with E-state index in [-0.39, 0.29) is 0 Å². The fourth-order valence-electron chi connectivity index (χ4n) is 3.08. The molecule has 6 heteroatoms. The van der Waals surface area contributed by atoms with E-state index < -0.39 is 21.8 Å². The summed E-state index contributed by atoms with van der Waals surface area (Å²) in [6.45, 7) is 4.30. The van der Waals surface area contributed by atoms with E-state index in [9.17, 15) is 13.2 Å². The normalized spacial score (nSPS) is 13.2. The lowest BCUT2D eigenvalue weighted by atomic mass is 10.1. The van der Waals surface area contributed by atoms with Crippen LogP contribution in [0.4, 0.5) is 18.9 Å². The Morgan fingerprint density at radius 1 is 1.07 bits per heavy atom. The third-order valence-electron chi connectivity index (χ3n) is 4.52. The lowest BCUT2D eigenvalue weighted by Crippen LogP contribution is -2.05. The molecule has 3 rings (SSSR count). The van der Waals surface area contributed by atoms with Gasteiger partial charge in [-0.2, -0.15) is 13.2 Å². The lowest BCUT2D eigenvalue weighted by molar-refractivity contribution is -0.137. The molecule has 0 aliphatic carbocycles. The van der Waals surface area contributed by atoms with E-state index in [2.05, 4.69) is 54.9 Å². The molecule has 0 fully saturated rings. The van der Waals surface area contributed by atoms with Crippen LogP contribution in [0.3, 0.4) is 0 Å². The maximum absolute atomic E-state index is 12.8. The molecule has 0 atom stereocenters. The largest absolute Gasteiger partial charge is 0.416 e. The Kier molecular flexibility index (Phi) is 6.15. The number of hydrogen-bond acceptors (Lipinski definition) is 2. The number of benzene rings is 2. The van der Waals surface area contributed by atoms with E-state index in [1.165, 1.54) is 27.1 Å². The standard InChI is InChI=1S/C23H24F3NS2/c1-5-6-8-18-19-9-7-10-21(29(2,3)4)22(19)28-20(18)15-27-17-13-11-16(12-14-17)23(24,25)26/h5-14,27H,1,15H2,2-4H3/b8-6-. The summed E-state index contributed by atoms with van der Waals surface area (Å²) in [6, 6.07) is 11.6. The third kappa shape index (κ3) is 4.87. The molecule has 2 aromatic carbocycles. The van der Waals surface area contributed by atoms with Crippen LogP contribution in [0.25, 0.3) is 16.2 Å². The third-order valence-corrected chi connectivity index (χ3v) is 7.56. The van der Waals surface area contributed by atoms with Gasteiger partial charge in [0.25, 0.3) is 0 Å². The van der Waals surface area contributed by atoms with Crippen LogP contribution in [-0.2, 0) is 12.7 Å². The summed E-state index contributed by atoms with van der Waals surface area (Å²) >= 11 is 1.75. The van der Waals surface area contributed by atoms with Crippen molar-refractivity contribution in [2.45, 2.75) is 17.6 Å². The van der Waals surface area contributed by atoms with E-state index >= 15 is 0 Å². The predicted octanol–water partition coefficient (Wildman–Crippen LogP) is 7.78. The van der Waals surface area contributed by atoms with Crippen LogP contribution in [0.15, 0.2) is 66.1 Å². The van der Waals surface area contributed by atoms with E-state index in [0.717, 1.165) is 22.6 Å². The Morgan fingerprint density at radius 3 is 2.34 bits per heavy atom. The van der Waals surface area contributed by atoms with Crippen LogP contribution in [-0.4, -0.2) is 18.8 Å².